The number of nitrogens with two attached hydrogens (primary N) is 1. The molecule has 0 aromatic carbocycles. The Hall–Kier alpha value is 0.194. The molecule has 0 spiro atoms. The Bertz CT molecular complexity index is 327. The summed E-state index contributed by atoms with van der Waals surface area (Å²) in [5, 5.41) is 0. The summed E-state index contributed by atoms with van der Waals surface area (Å²) in [5.74, 6) is 0. The van der Waals surface area contributed by atoms with Crippen molar-refractivity contribution in [3.63, 3.8) is 0 Å². The third-order valence-electron chi connectivity index (χ3n) is 5.84. The van der Waals surface area contributed by atoms with Crippen LogP contribution in [0.2, 0.25) is 11.1 Å². The topological polar surface area (TPSA) is 66.2 Å². The first kappa shape index (κ1) is 29.2. The van der Waals surface area contributed by atoms with Crippen molar-refractivity contribution in [1.29, 1.82) is 0 Å². The van der Waals surface area contributed by atoms with Crippen LogP contribution < -0.4 is 5.73 Å². The van der Waals surface area contributed by atoms with Crippen LogP contribution in [0.4, 0.5) is 0 Å². The van der Waals surface area contributed by atoms with Crippen molar-refractivity contribution in [2.45, 2.75) is 82.7 Å². The monoisotopic (exact) mass is 450 g/mol. The number of nitrogens with zero attached hydrogens (tertiary/aromatic N) is 1. The molecule has 0 bridgehead atoms. The van der Waals surface area contributed by atoms with Gasteiger partial charge in [-0.1, -0.05) is 46.0 Å². The lowest BCUT2D eigenvalue weighted by Crippen LogP contribution is -2.33. The molecule has 0 aliphatic carbocycles. The van der Waals surface area contributed by atoms with Crippen LogP contribution in [0.25, 0.3) is 0 Å². The second-order valence-corrected chi connectivity index (χ2v) is 14.0. The summed E-state index contributed by atoms with van der Waals surface area (Å²) in [7, 11) is 4.06. The van der Waals surface area contributed by atoms with E-state index in [2.05, 4.69) is 18.7 Å². The maximum absolute atomic E-state index is 5.57. The molecule has 0 aliphatic heterocycles. The predicted octanol–water partition coefficient (Wildman–Crippen LogP) is 3.56. The van der Waals surface area contributed by atoms with E-state index in [1.54, 1.807) is 28.4 Å². The molecule has 0 amide bonds. The Morgan fingerprint density at radius 2 is 1.00 bits per heavy atom. The first-order valence-corrected chi connectivity index (χ1v) is 14.8. The Labute approximate surface area is 184 Å². The Morgan fingerprint density at radius 1 is 0.621 bits per heavy atom. The minimum Gasteiger partial charge on any atom is -0.400 e. The Morgan fingerprint density at radius 3 is 1.38 bits per heavy atom. The van der Waals surface area contributed by atoms with Crippen LogP contribution >= 0.6 is 0 Å². The van der Waals surface area contributed by atoms with Crippen LogP contribution in [0, 0.1) is 0 Å². The number of unbranched alkanes of at least 4 members (excludes halogenated alkanes) is 6. The van der Waals surface area contributed by atoms with Crippen molar-refractivity contribution in [2.24, 2.45) is 5.73 Å². The quantitative estimate of drug-likeness (QED) is 0.213. The summed E-state index contributed by atoms with van der Waals surface area (Å²) in [6.45, 7) is 8.79. The first-order valence-electron chi connectivity index (χ1n) is 11.6. The van der Waals surface area contributed by atoms with Crippen LogP contribution in [0.5, 0.6) is 0 Å². The number of hydrogen-bond acceptors (Lipinski definition) is 6. The summed E-state index contributed by atoms with van der Waals surface area (Å²) < 4.78 is 22.3. The van der Waals surface area contributed by atoms with E-state index in [0.29, 0.717) is 11.1 Å². The van der Waals surface area contributed by atoms with Crippen molar-refractivity contribution in [1.82, 2.24) is 4.90 Å². The summed E-state index contributed by atoms with van der Waals surface area (Å²) in [4.78, 5) is 2.63. The molecular weight excluding hydrogens is 400 g/mol. The molecule has 0 rings (SSSR count). The van der Waals surface area contributed by atoms with Crippen molar-refractivity contribution in [3.05, 3.63) is 0 Å². The molecule has 0 saturated carbocycles. The first-order chi connectivity index (χ1) is 14.0. The standard InChI is InChI=1S/C21H50N2O4Si2/c1-20(28(24-3)25-4)14-18-23(19-15-21(2)29(26-5)27-6)17-13-11-9-7-8-10-12-16-22/h20-21,28-29H,7-19,22H2,1-6H3. The highest BCUT2D eigenvalue weighted by Crippen LogP contribution is 2.20. The largest absolute Gasteiger partial charge is 0.400 e. The van der Waals surface area contributed by atoms with Gasteiger partial charge in [-0.3, -0.25) is 0 Å². The molecule has 0 radical (unpaired) electrons. The smallest absolute Gasteiger partial charge is 0.323 e. The molecule has 2 N–H and O–H groups in total. The van der Waals surface area contributed by atoms with Crippen molar-refractivity contribution in [3.8, 4) is 0 Å². The third-order valence-corrected chi connectivity index (χ3v) is 10.2. The lowest BCUT2D eigenvalue weighted by Gasteiger charge is -2.27. The fourth-order valence-corrected chi connectivity index (χ4v) is 6.95. The van der Waals surface area contributed by atoms with Crippen LogP contribution in [0.15, 0.2) is 0 Å². The van der Waals surface area contributed by atoms with E-state index < -0.39 is 18.6 Å². The van der Waals surface area contributed by atoms with Gasteiger partial charge in [0.1, 0.15) is 0 Å². The Balaban J connectivity index is 4.36. The molecule has 176 valence electrons. The van der Waals surface area contributed by atoms with Gasteiger partial charge in [-0.15, -0.1) is 0 Å². The van der Waals surface area contributed by atoms with Crippen LogP contribution in [-0.2, 0) is 17.7 Å². The zero-order valence-corrected chi connectivity index (χ0v) is 22.5. The summed E-state index contributed by atoms with van der Waals surface area (Å²) in [6, 6.07) is 0. The van der Waals surface area contributed by atoms with Crippen molar-refractivity contribution in [2.75, 3.05) is 54.6 Å². The second kappa shape index (κ2) is 20.1. The zero-order chi connectivity index (χ0) is 21.9. The van der Waals surface area contributed by atoms with Gasteiger partial charge in [-0.05, 0) is 62.9 Å². The molecule has 0 aromatic heterocycles. The van der Waals surface area contributed by atoms with Crippen LogP contribution in [0.1, 0.15) is 71.6 Å². The van der Waals surface area contributed by atoms with Gasteiger partial charge in [0.2, 0.25) is 0 Å². The lowest BCUT2D eigenvalue weighted by molar-refractivity contribution is 0.228. The van der Waals surface area contributed by atoms with E-state index in [-0.39, 0.29) is 0 Å². The van der Waals surface area contributed by atoms with Gasteiger partial charge < -0.3 is 28.3 Å². The fourth-order valence-electron chi connectivity index (χ4n) is 3.87. The summed E-state index contributed by atoms with van der Waals surface area (Å²) in [6.07, 6.45) is 11.4. The fraction of sp³-hybridized carbons (Fsp3) is 1.00. The normalized spacial score (nSPS) is 14.3. The van der Waals surface area contributed by atoms with Gasteiger partial charge >= 0.3 is 18.6 Å². The molecule has 0 aromatic rings. The van der Waals surface area contributed by atoms with E-state index in [9.17, 15) is 0 Å². The molecule has 0 heterocycles. The second-order valence-electron chi connectivity index (χ2n) is 8.32. The molecular formula is C21H50N2O4Si2. The van der Waals surface area contributed by atoms with E-state index in [0.717, 1.165) is 32.5 Å². The maximum Gasteiger partial charge on any atom is 0.323 e. The minimum atomic E-state index is -1.53. The molecule has 29 heavy (non-hydrogen) atoms. The SMILES string of the molecule is CO[SiH](OC)C(C)CCN(CCCCCCCCCN)CCC(C)[SiH](OC)OC. The van der Waals surface area contributed by atoms with E-state index in [1.807, 2.05) is 0 Å². The lowest BCUT2D eigenvalue weighted by atomic mass is 10.1. The summed E-state index contributed by atoms with van der Waals surface area (Å²) >= 11 is 0. The van der Waals surface area contributed by atoms with Crippen molar-refractivity contribution >= 4 is 18.6 Å². The van der Waals surface area contributed by atoms with E-state index in [4.69, 9.17) is 23.4 Å². The molecule has 2 atom stereocenters. The van der Waals surface area contributed by atoms with Gasteiger partial charge in [0.25, 0.3) is 0 Å². The van der Waals surface area contributed by atoms with Crippen LogP contribution in [-0.4, -0.2) is 78.1 Å². The van der Waals surface area contributed by atoms with Gasteiger partial charge in [-0.25, -0.2) is 0 Å². The predicted molar refractivity (Wildman–Crippen MR) is 128 cm³/mol. The molecule has 6 nitrogen and oxygen atoms in total. The van der Waals surface area contributed by atoms with Crippen molar-refractivity contribution < 1.29 is 17.7 Å². The maximum atomic E-state index is 5.57. The highest BCUT2D eigenvalue weighted by atomic mass is 28.3. The highest BCUT2D eigenvalue weighted by Gasteiger charge is 2.22. The highest BCUT2D eigenvalue weighted by molar-refractivity contribution is 6.46. The molecule has 0 fully saturated rings. The van der Waals surface area contributed by atoms with Gasteiger partial charge in [0.05, 0.1) is 0 Å². The molecule has 8 heteroatoms. The Kier molecular flexibility index (Phi) is 20.3. The molecule has 0 saturated heterocycles. The van der Waals surface area contributed by atoms with Gasteiger partial charge in [0.15, 0.2) is 0 Å². The minimum absolute atomic E-state index is 0.521. The molecule has 2 unspecified atom stereocenters. The zero-order valence-electron chi connectivity index (χ0n) is 20.2. The van der Waals surface area contributed by atoms with E-state index in [1.165, 1.54) is 51.5 Å². The number of rotatable bonds is 21. The van der Waals surface area contributed by atoms with Gasteiger partial charge in [-0.2, -0.15) is 0 Å². The summed E-state index contributed by atoms with van der Waals surface area (Å²) in [5.41, 5.74) is 6.61. The third kappa shape index (κ3) is 14.8. The average Bonchev–Trinajstić information content (AvgIpc) is 2.73. The average molecular weight is 451 g/mol. The number of hydrogen-bond donors (Lipinski definition) is 1. The van der Waals surface area contributed by atoms with Gasteiger partial charge in [0, 0.05) is 28.4 Å². The van der Waals surface area contributed by atoms with Crippen LogP contribution in [0.3, 0.4) is 0 Å². The molecule has 0 aliphatic rings. The van der Waals surface area contributed by atoms with E-state index >= 15 is 0 Å².